The molecule has 25 heavy (non-hydrogen) atoms. The highest BCUT2D eigenvalue weighted by Gasteiger charge is 2.16. The van der Waals surface area contributed by atoms with E-state index in [1.165, 1.54) is 5.56 Å². The molecule has 1 atom stereocenters. The number of anilines is 1. The van der Waals surface area contributed by atoms with Crippen LogP contribution in [0.15, 0.2) is 57.5 Å². The van der Waals surface area contributed by atoms with E-state index in [0.717, 1.165) is 39.5 Å². The molecule has 0 spiro atoms. The molecular formula is C20H21BrN2O2. The van der Waals surface area contributed by atoms with Crippen LogP contribution in [0.5, 0.6) is 5.75 Å². The van der Waals surface area contributed by atoms with Gasteiger partial charge in [-0.25, -0.2) is 0 Å². The summed E-state index contributed by atoms with van der Waals surface area (Å²) in [6.07, 6.45) is 0. The number of rotatable bonds is 6. The van der Waals surface area contributed by atoms with Gasteiger partial charge in [-0.2, -0.15) is 0 Å². The van der Waals surface area contributed by atoms with Crippen molar-refractivity contribution in [2.45, 2.75) is 19.8 Å². The fraction of sp³-hybridized carbons (Fsp3) is 0.250. The SMILES string of the molecule is COc1ccc(C(C)CNc2c(C)noc2-c2ccc(Br)cc2)cc1. The first-order valence-electron chi connectivity index (χ1n) is 8.18. The molecule has 1 heterocycles. The Kier molecular flexibility index (Phi) is 5.43. The predicted molar refractivity (Wildman–Crippen MR) is 104 cm³/mol. The molecule has 0 amide bonds. The minimum Gasteiger partial charge on any atom is -0.497 e. The Balaban J connectivity index is 1.74. The molecular weight excluding hydrogens is 380 g/mol. The zero-order chi connectivity index (χ0) is 17.8. The Morgan fingerprint density at radius 1 is 1.12 bits per heavy atom. The Labute approximate surface area is 156 Å². The number of benzene rings is 2. The van der Waals surface area contributed by atoms with Gasteiger partial charge in [0.25, 0.3) is 0 Å². The van der Waals surface area contributed by atoms with Gasteiger partial charge in [0.15, 0.2) is 5.76 Å². The summed E-state index contributed by atoms with van der Waals surface area (Å²) in [5.41, 5.74) is 4.07. The fourth-order valence-corrected chi connectivity index (χ4v) is 2.95. The molecule has 0 aliphatic rings. The second-order valence-corrected chi connectivity index (χ2v) is 6.95. The molecule has 1 aromatic heterocycles. The maximum Gasteiger partial charge on any atom is 0.190 e. The molecule has 130 valence electrons. The molecule has 0 bridgehead atoms. The minimum atomic E-state index is 0.345. The van der Waals surface area contributed by atoms with Gasteiger partial charge in [-0.3, -0.25) is 0 Å². The van der Waals surface area contributed by atoms with Gasteiger partial charge in [-0.15, -0.1) is 0 Å². The normalized spacial score (nSPS) is 12.0. The zero-order valence-electron chi connectivity index (χ0n) is 14.5. The van der Waals surface area contributed by atoms with Crippen LogP contribution in [0.1, 0.15) is 24.1 Å². The Bertz CT molecular complexity index is 826. The van der Waals surface area contributed by atoms with Crippen LogP contribution in [0.4, 0.5) is 5.69 Å². The molecule has 0 radical (unpaired) electrons. The van der Waals surface area contributed by atoms with Crippen LogP contribution in [-0.4, -0.2) is 18.8 Å². The molecule has 5 heteroatoms. The molecule has 3 aromatic rings. The van der Waals surface area contributed by atoms with Crippen LogP contribution in [0.25, 0.3) is 11.3 Å². The fourth-order valence-electron chi connectivity index (χ4n) is 2.68. The third-order valence-corrected chi connectivity index (χ3v) is 4.77. The van der Waals surface area contributed by atoms with Crippen molar-refractivity contribution in [2.75, 3.05) is 19.0 Å². The Morgan fingerprint density at radius 2 is 1.80 bits per heavy atom. The molecule has 4 nitrogen and oxygen atoms in total. The van der Waals surface area contributed by atoms with Crippen molar-refractivity contribution in [1.82, 2.24) is 5.16 Å². The van der Waals surface area contributed by atoms with Gasteiger partial charge in [0, 0.05) is 16.6 Å². The third kappa shape index (κ3) is 4.04. The van der Waals surface area contributed by atoms with Crippen molar-refractivity contribution in [3.8, 4) is 17.1 Å². The summed E-state index contributed by atoms with van der Waals surface area (Å²) < 4.78 is 11.8. The lowest BCUT2D eigenvalue weighted by molar-refractivity contribution is 0.414. The van der Waals surface area contributed by atoms with Gasteiger partial charge in [0.1, 0.15) is 17.1 Å². The highest BCUT2D eigenvalue weighted by molar-refractivity contribution is 9.10. The first kappa shape index (κ1) is 17.5. The number of hydrogen-bond acceptors (Lipinski definition) is 4. The van der Waals surface area contributed by atoms with E-state index < -0.39 is 0 Å². The minimum absolute atomic E-state index is 0.345. The molecule has 2 aromatic carbocycles. The molecule has 0 saturated carbocycles. The number of aromatic nitrogens is 1. The number of nitrogens with one attached hydrogen (secondary N) is 1. The van der Waals surface area contributed by atoms with Crippen LogP contribution < -0.4 is 10.1 Å². The Morgan fingerprint density at radius 3 is 2.44 bits per heavy atom. The summed E-state index contributed by atoms with van der Waals surface area (Å²) in [4.78, 5) is 0. The number of hydrogen-bond donors (Lipinski definition) is 1. The van der Waals surface area contributed by atoms with Crippen molar-refractivity contribution in [3.05, 3.63) is 64.3 Å². The van der Waals surface area contributed by atoms with E-state index in [9.17, 15) is 0 Å². The lowest BCUT2D eigenvalue weighted by Gasteiger charge is -2.14. The maximum absolute atomic E-state index is 5.55. The van der Waals surface area contributed by atoms with Gasteiger partial charge in [-0.05, 0) is 54.8 Å². The largest absolute Gasteiger partial charge is 0.497 e. The van der Waals surface area contributed by atoms with Crippen LogP contribution in [0, 0.1) is 6.92 Å². The van der Waals surface area contributed by atoms with Gasteiger partial charge >= 0.3 is 0 Å². The van der Waals surface area contributed by atoms with Gasteiger partial charge in [0.2, 0.25) is 0 Å². The van der Waals surface area contributed by atoms with Gasteiger partial charge in [-0.1, -0.05) is 40.1 Å². The second-order valence-electron chi connectivity index (χ2n) is 6.03. The summed E-state index contributed by atoms with van der Waals surface area (Å²) in [5.74, 6) is 1.99. The molecule has 1 N–H and O–H groups in total. The van der Waals surface area contributed by atoms with E-state index in [1.807, 2.05) is 43.3 Å². The van der Waals surface area contributed by atoms with E-state index >= 15 is 0 Å². The van der Waals surface area contributed by atoms with Crippen LogP contribution in [-0.2, 0) is 0 Å². The molecule has 3 rings (SSSR count). The summed E-state index contributed by atoms with van der Waals surface area (Å²) in [7, 11) is 1.68. The van der Waals surface area contributed by atoms with Crippen molar-refractivity contribution < 1.29 is 9.26 Å². The average molecular weight is 401 g/mol. The first-order chi connectivity index (χ1) is 12.1. The van der Waals surface area contributed by atoms with E-state index in [2.05, 4.69) is 45.5 Å². The Hall–Kier alpha value is -2.27. The number of nitrogens with zero attached hydrogens (tertiary/aromatic N) is 1. The third-order valence-electron chi connectivity index (χ3n) is 4.24. The van der Waals surface area contributed by atoms with Crippen molar-refractivity contribution in [2.24, 2.45) is 0 Å². The van der Waals surface area contributed by atoms with Crippen molar-refractivity contribution in [3.63, 3.8) is 0 Å². The summed E-state index contributed by atoms with van der Waals surface area (Å²) in [5, 5.41) is 7.63. The highest BCUT2D eigenvalue weighted by Crippen LogP contribution is 2.32. The smallest absolute Gasteiger partial charge is 0.190 e. The molecule has 1 unspecified atom stereocenters. The molecule has 0 aliphatic carbocycles. The monoisotopic (exact) mass is 400 g/mol. The molecule has 0 saturated heterocycles. The summed E-state index contributed by atoms with van der Waals surface area (Å²) in [6, 6.07) is 16.2. The van der Waals surface area contributed by atoms with Gasteiger partial charge in [0.05, 0.1) is 7.11 Å². The molecule has 0 fully saturated rings. The topological polar surface area (TPSA) is 47.3 Å². The standard InChI is InChI=1S/C20H21BrN2O2/c1-13(15-6-10-18(24-3)11-7-15)12-22-19-14(2)23-25-20(19)16-4-8-17(21)9-5-16/h4-11,13,22H,12H2,1-3H3. The van der Waals surface area contributed by atoms with Crippen molar-refractivity contribution >= 4 is 21.6 Å². The lowest BCUT2D eigenvalue weighted by Crippen LogP contribution is -2.10. The maximum atomic E-state index is 5.55. The number of aryl methyl sites for hydroxylation is 1. The summed E-state index contributed by atoms with van der Waals surface area (Å²) in [6.45, 7) is 4.93. The number of halogens is 1. The van der Waals surface area contributed by atoms with E-state index in [0.29, 0.717) is 5.92 Å². The van der Waals surface area contributed by atoms with E-state index in [-0.39, 0.29) is 0 Å². The van der Waals surface area contributed by atoms with Crippen molar-refractivity contribution in [1.29, 1.82) is 0 Å². The first-order valence-corrected chi connectivity index (χ1v) is 8.98. The zero-order valence-corrected chi connectivity index (χ0v) is 16.1. The van der Waals surface area contributed by atoms with Crippen LogP contribution >= 0.6 is 15.9 Å². The van der Waals surface area contributed by atoms with Crippen LogP contribution in [0.2, 0.25) is 0 Å². The van der Waals surface area contributed by atoms with E-state index in [1.54, 1.807) is 7.11 Å². The lowest BCUT2D eigenvalue weighted by atomic mass is 10.0. The van der Waals surface area contributed by atoms with Crippen LogP contribution in [0.3, 0.4) is 0 Å². The average Bonchev–Trinajstić information content (AvgIpc) is 3.01. The molecule has 0 aliphatic heterocycles. The second kappa shape index (κ2) is 7.74. The summed E-state index contributed by atoms with van der Waals surface area (Å²) >= 11 is 3.46. The van der Waals surface area contributed by atoms with E-state index in [4.69, 9.17) is 9.26 Å². The number of ether oxygens (including phenoxy) is 1. The highest BCUT2D eigenvalue weighted by atomic mass is 79.9. The van der Waals surface area contributed by atoms with Gasteiger partial charge < -0.3 is 14.6 Å². The predicted octanol–water partition coefficient (Wildman–Crippen LogP) is 5.64. The number of methoxy groups -OCH3 is 1. The quantitative estimate of drug-likeness (QED) is 0.581.